The Morgan fingerprint density at radius 2 is 1.73 bits per heavy atom. The molecular weight excluding hydrogens is 278 g/mol. The van der Waals surface area contributed by atoms with Crippen LogP contribution < -0.4 is 0 Å². The van der Waals surface area contributed by atoms with E-state index in [1.54, 1.807) is 24.3 Å². The van der Waals surface area contributed by atoms with Gasteiger partial charge in [-0.15, -0.1) is 0 Å². The smallest absolute Gasteiger partial charge is 0.261 e. The summed E-state index contributed by atoms with van der Waals surface area (Å²) in [7, 11) is 0. The van der Waals surface area contributed by atoms with Gasteiger partial charge in [0, 0.05) is 12.5 Å². The third kappa shape index (κ3) is 2.36. The van der Waals surface area contributed by atoms with Crippen LogP contribution in [-0.4, -0.2) is 29.0 Å². The zero-order chi connectivity index (χ0) is 15.7. The first kappa shape index (κ1) is 14.9. The van der Waals surface area contributed by atoms with Gasteiger partial charge in [-0.2, -0.15) is 0 Å². The van der Waals surface area contributed by atoms with Gasteiger partial charge in [-0.25, -0.2) is 0 Å². The van der Waals surface area contributed by atoms with Crippen molar-refractivity contribution in [2.24, 2.45) is 11.8 Å². The summed E-state index contributed by atoms with van der Waals surface area (Å²) in [4.78, 5) is 37.5. The molecule has 1 heterocycles. The Balaban J connectivity index is 1.86. The van der Waals surface area contributed by atoms with Crippen LogP contribution in [0.1, 0.15) is 59.7 Å². The SMILES string of the molecule is CC(C1CCCCC1CC=O)N1C(=O)c2ccccc2C1=O. The third-order valence-electron chi connectivity index (χ3n) is 5.22. The zero-order valence-electron chi connectivity index (χ0n) is 12.8. The Morgan fingerprint density at radius 1 is 1.14 bits per heavy atom. The molecule has 4 nitrogen and oxygen atoms in total. The van der Waals surface area contributed by atoms with Crippen LogP contribution in [0.2, 0.25) is 0 Å². The maximum Gasteiger partial charge on any atom is 0.261 e. The van der Waals surface area contributed by atoms with Gasteiger partial charge < -0.3 is 4.79 Å². The number of fused-ring (bicyclic) bond motifs is 1. The summed E-state index contributed by atoms with van der Waals surface area (Å²) in [6.45, 7) is 1.95. The van der Waals surface area contributed by atoms with Crippen molar-refractivity contribution >= 4 is 18.1 Å². The van der Waals surface area contributed by atoms with E-state index in [1.807, 2.05) is 6.92 Å². The predicted molar refractivity (Wildman–Crippen MR) is 82.5 cm³/mol. The topological polar surface area (TPSA) is 54.5 Å². The van der Waals surface area contributed by atoms with Gasteiger partial charge in [0.05, 0.1) is 11.1 Å². The molecule has 0 saturated heterocycles. The number of imide groups is 1. The van der Waals surface area contributed by atoms with Crippen LogP contribution in [0.4, 0.5) is 0 Å². The molecule has 0 N–H and O–H groups in total. The third-order valence-corrected chi connectivity index (χ3v) is 5.22. The second-order valence-corrected chi connectivity index (χ2v) is 6.38. The molecule has 2 aliphatic rings. The number of benzene rings is 1. The minimum absolute atomic E-state index is 0.155. The van der Waals surface area contributed by atoms with Gasteiger partial charge in [0.1, 0.15) is 6.29 Å². The van der Waals surface area contributed by atoms with Crippen molar-refractivity contribution in [2.75, 3.05) is 0 Å². The highest BCUT2D eigenvalue weighted by Gasteiger charge is 2.42. The molecule has 1 aliphatic carbocycles. The predicted octanol–water partition coefficient (Wildman–Crippen LogP) is 3.07. The van der Waals surface area contributed by atoms with E-state index in [4.69, 9.17) is 0 Å². The first-order valence-corrected chi connectivity index (χ1v) is 8.05. The summed E-state index contributed by atoms with van der Waals surface area (Å²) < 4.78 is 0. The van der Waals surface area contributed by atoms with Crippen LogP contribution >= 0.6 is 0 Å². The Kier molecular flexibility index (Phi) is 4.10. The van der Waals surface area contributed by atoms with E-state index in [1.165, 1.54) is 4.90 Å². The molecule has 116 valence electrons. The summed E-state index contributed by atoms with van der Waals surface area (Å²) in [5, 5.41) is 0. The first-order chi connectivity index (χ1) is 10.6. The minimum Gasteiger partial charge on any atom is -0.303 e. The van der Waals surface area contributed by atoms with Gasteiger partial charge in [-0.3, -0.25) is 14.5 Å². The van der Waals surface area contributed by atoms with Crippen molar-refractivity contribution in [3.8, 4) is 0 Å². The molecule has 4 heteroatoms. The first-order valence-electron chi connectivity index (χ1n) is 8.05. The zero-order valence-corrected chi connectivity index (χ0v) is 12.8. The molecule has 3 atom stereocenters. The molecule has 1 aromatic carbocycles. The molecular formula is C18H21NO3. The highest BCUT2D eigenvalue weighted by Crippen LogP contribution is 2.38. The molecule has 2 amide bonds. The van der Waals surface area contributed by atoms with Crippen molar-refractivity contribution in [3.05, 3.63) is 35.4 Å². The molecule has 22 heavy (non-hydrogen) atoms. The van der Waals surface area contributed by atoms with Crippen molar-refractivity contribution in [2.45, 2.75) is 45.1 Å². The van der Waals surface area contributed by atoms with E-state index in [-0.39, 0.29) is 29.7 Å². The number of amides is 2. The highest BCUT2D eigenvalue weighted by molar-refractivity contribution is 6.21. The largest absolute Gasteiger partial charge is 0.303 e. The van der Waals surface area contributed by atoms with E-state index < -0.39 is 0 Å². The molecule has 1 aromatic rings. The van der Waals surface area contributed by atoms with Crippen LogP contribution in [0.15, 0.2) is 24.3 Å². The summed E-state index contributed by atoms with van der Waals surface area (Å²) in [6, 6.07) is 6.85. The number of carbonyl (C=O) groups is 3. The maximum absolute atomic E-state index is 12.6. The number of carbonyl (C=O) groups excluding carboxylic acids is 3. The van der Waals surface area contributed by atoms with Gasteiger partial charge in [0.2, 0.25) is 0 Å². The molecule has 0 aromatic heterocycles. The maximum atomic E-state index is 12.6. The monoisotopic (exact) mass is 299 g/mol. The Morgan fingerprint density at radius 3 is 2.32 bits per heavy atom. The van der Waals surface area contributed by atoms with E-state index in [0.29, 0.717) is 17.5 Å². The van der Waals surface area contributed by atoms with Gasteiger partial charge in [-0.1, -0.05) is 25.0 Å². The van der Waals surface area contributed by atoms with Crippen LogP contribution in [0.3, 0.4) is 0 Å². The van der Waals surface area contributed by atoms with Crippen LogP contribution in [0.25, 0.3) is 0 Å². The van der Waals surface area contributed by atoms with Crippen LogP contribution in [0, 0.1) is 11.8 Å². The van der Waals surface area contributed by atoms with Crippen molar-refractivity contribution in [3.63, 3.8) is 0 Å². The Hall–Kier alpha value is -1.97. The molecule has 1 fully saturated rings. The summed E-state index contributed by atoms with van der Waals surface area (Å²) in [5.41, 5.74) is 1.00. The number of rotatable bonds is 4. The van der Waals surface area contributed by atoms with E-state index >= 15 is 0 Å². The lowest BCUT2D eigenvalue weighted by molar-refractivity contribution is -0.109. The van der Waals surface area contributed by atoms with E-state index in [0.717, 1.165) is 32.0 Å². The average Bonchev–Trinajstić information content (AvgIpc) is 2.80. The van der Waals surface area contributed by atoms with Gasteiger partial charge >= 0.3 is 0 Å². The van der Waals surface area contributed by atoms with Gasteiger partial charge in [0.25, 0.3) is 11.8 Å². The number of hydrogen-bond donors (Lipinski definition) is 0. The fraction of sp³-hybridized carbons (Fsp3) is 0.500. The van der Waals surface area contributed by atoms with E-state index in [9.17, 15) is 14.4 Å². The average molecular weight is 299 g/mol. The summed E-state index contributed by atoms with van der Waals surface area (Å²) in [5.74, 6) is 0.124. The normalized spacial score (nSPS) is 26.0. The van der Waals surface area contributed by atoms with Crippen LogP contribution in [0.5, 0.6) is 0 Å². The molecule has 1 aliphatic heterocycles. The lowest BCUT2D eigenvalue weighted by Gasteiger charge is -2.38. The van der Waals surface area contributed by atoms with E-state index in [2.05, 4.69) is 0 Å². The molecule has 0 radical (unpaired) electrons. The Labute approximate surface area is 130 Å². The van der Waals surface area contributed by atoms with Crippen molar-refractivity contribution < 1.29 is 14.4 Å². The molecule has 0 spiro atoms. The fourth-order valence-electron chi connectivity index (χ4n) is 4.06. The number of nitrogens with zero attached hydrogens (tertiary/aromatic N) is 1. The highest BCUT2D eigenvalue weighted by atomic mass is 16.2. The minimum atomic E-state index is -0.191. The number of hydrogen-bond acceptors (Lipinski definition) is 3. The summed E-state index contributed by atoms with van der Waals surface area (Å²) in [6.07, 6.45) is 5.72. The standard InChI is InChI=1S/C18H21NO3/c1-12(14-7-3-2-6-13(14)10-11-20)19-17(21)15-8-4-5-9-16(15)18(19)22/h4-5,8-9,11-14H,2-3,6-7,10H2,1H3. The second kappa shape index (κ2) is 6.03. The lowest BCUT2D eigenvalue weighted by Crippen LogP contribution is -2.45. The van der Waals surface area contributed by atoms with Crippen molar-refractivity contribution in [1.82, 2.24) is 4.90 Å². The summed E-state index contributed by atoms with van der Waals surface area (Å²) >= 11 is 0. The molecule has 1 saturated carbocycles. The molecule has 0 bridgehead atoms. The van der Waals surface area contributed by atoms with Crippen LogP contribution in [-0.2, 0) is 4.79 Å². The van der Waals surface area contributed by atoms with Gasteiger partial charge in [0.15, 0.2) is 0 Å². The quantitative estimate of drug-likeness (QED) is 0.634. The van der Waals surface area contributed by atoms with Crippen molar-refractivity contribution in [1.29, 1.82) is 0 Å². The fourth-order valence-corrected chi connectivity index (χ4v) is 4.06. The molecule has 3 rings (SSSR count). The Bertz CT molecular complexity index is 575. The lowest BCUT2D eigenvalue weighted by atomic mass is 9.74. The second-order valence-electron chi connectivity index (χ2n) is 6.38. The van der Waals surface area contributed by atoms with Gasteiger partial charge in [-0.05, 0) is 43.7 Å². The number of aldehydes is 1. The molecule has 3 unspecified atom stereocenters.